The van der Waals surface area contributed by atoms with Crippen molar-refractivity contribution in [2.45, 2.75) is 45.8 Å². The number of benzene rings is 2. The van der Waals surface area contributed by atoms with Gasteiger partial charge in [0.15, 0.2) is 0 Å². The maximum absolute atomic E-state index is 13.5. The van der Waals surface area contributed by atoms with Crippen molar-refractivity contribution in [2.75, 3.05) is 11.9 Å². The second-order valence-electron chi connectivity index (χ2n) is 8.37. The van der Waals surface area contributed by atoms with E-state index in [-0.39, 0.29) is 24.5 Å². The van der Waals surface area contributed by atoms with E-state index < -0.39 is 0 Å². The van der Waals surface area contributed by atoms with Gasteiger partial charge >= 0.3 is 6.03 Å². The van der Waals surface area contributed by atoms with Gasteiger partial charge < -0.3 is 15.1 Å². The molecule has 1 saturated carbocycles. The van der Waals surface area contributed by atoms with E-state index in [1.54, 1.807) is 16.2 Å². The average Bonchev–Trinajstić information content (AvgIpc) is 3.55. The molecule has 166 valence electrons. The van der Waals surface area contributed by atoms with Gasteiger partial charge in [-0.05, 0) is 60.9 Å². The summed E-state index contributed by atoms with van der Waals surface area (Å²) in [5.41, 5.74) is 4.06. The summed E-state index contributed by atoms with van der Waals surface area (Å²) >= 11 is 1.67. The van der Waals surface area contributed by atoms with Crippen LogP contribution in [-0.4, -0.2) is 34.3 Å². The minimum absolute atomic E-state index is 0.0338. The number of carbonyl (C=O) groups excluding carboxylic acids is 2. The Hall–Kier alpha value is -3.12. The van der Waals surface area contributed by atoms with E-state index in [1.807, 2.05) is 66.4 Å². The van der Waals surface area contributed by atoms with Crippen molar-refractivity contribution in [1.82, 2.24) is 9.80 Å². The third-order valence-corrected chi connectivity index (χ3v) is 6.82. The first-order chi connectivity index (χ1) is 15.5. The first-order valence-electron chi connectivity index (χ1n) is 11.0. The number of anilines is 1. The zero-order chi connectivity index (χ0) is 22.5. The molecule has 4 rings (SSSR count). The van der Waals surface area contributed by atoms with Crippen molar-refractivity contribution in [3.63, 3.8) is 0 Å². The normalized spacial score (nSPS) is 12.9. The van der Waals surface area contributed by atoms with E-state index in [2.05, 4.69) is 23.7 Å². The van der Waals surface area contributed by atoms with Gasteiger partial charge in [-0.15, -0.1) is 11.3 Å². The Morgan fingerprint density at radius 2 is 1.66 bits per heavy atom. The molecule has 1 aliphatic rings. The first-order valence-corrected chi connectivity index (χ1v) is 11.9. The van der Waals surface area contributed by atoms with Gasteiger partial charge in [-0.2, -0.15) is 0 Å². The van der Waals surface area contributed by atoms with Crippen molar-refractivity contribution in [3.8, 4) is 0 Å². The van der Waals surface area contributed by atoms with Gasteiger partial charge in [0.05, 0.1) is 6.54 Å². The Balaban J connectivity index is 1.50. The Kier molecular flexibility index (Phi) is 6.90. The average molecular weight is 448 g/mol. The van der Waals surface area contributed by atoms with Gasteiger partial charge in [-0.25, -0.2) is 4.79 Å². The molecule has 0 bridgehead atoms. The third-order valence-electron chi connectivity index (χ3n) is 5.81. The van der Waals surface area contributed by atoms with Crippen LogP contribution in [0.4, 0.5) is 10.5 Å². The fourth-order valence-electron chi connectivity index (χ4n) is 3.67. The van der Waals surface area contributed by atoms with Crippen molar-refractivity contribution < 1.29 is 9.59 Å². The van der Waals surface area contributed by atoms with Gasteiger partial charge in [0.1, 0.15) is 6.54 Å². The number of carbonyl (C=O) groups is 2. The molecule has 1 aromatic heterocycles. The number of hydrogen-bond acceptors (Lipinski definition) is 3. The van der Waals surface area contributed by atoms with Crippen molar-refractivity contribution in [3.05, 3.63) is 87.6 Å². The van der Waals surface area contributed by atoms with Crippen LogP contribution in [-0.2, 0) is 17.9 Å². The Morgan fingerprint density at radius 3 is 2.31 bits per heavy atom. The van der Waals surface area contributed by atoms with E-state index in [1.165, 1.54) is 10.4 Å². The van der Waals surface area contributed by atoms with Crippen LogP contribution >= 0.6 is 11.3 Å². The van der Waals surface area contributed by atoms with E-state index in [9.17, 15) is 9.59 Å². The maximum Gasteiger partial charge on any atom is 0.322 e. The van der Waals surface area contributed by atoms with Gasteiger partial charge in [-0.3, -0.25) is 4.79 Å². The molecule has 5 nitrogen and oxygen atoms in total. The van der Waals surface area contributed by atoms with Crippen LogP contribution in [0.25, 0.3) is 0 Å². The minimum Gasteiger partial charge on any atom is -0.332 e. The number of hydrogen-bond donors (Lipinski definition) is 1. The lowest BCUT2D eigenvalue weighted by molar-refractivity contribution is -0.133. The fraction of sp³-hybridized carbons (Fsp3) is 0.308. The monoisotopic (exact) mass is 447 g/mol. The van der Waals surface area contributed by atoms with Crippen LogP contribution in [0.2, 0.25) is 0 Å². The van der Waals surface area contributed by atoms with Gasteiger partial charge in [0.25, 0.3) is 0 Å². The van der Waals surface area contributed by atoms with Crippen molar-refractivity contribution in [2.24, 2.45) is 0 Å². The van der Waals surface area contributed by atoms with E-state index in [4.69, 9.17) is 0 Å². The summed E-state index contributed by atoms with van der Waals surface area (Å²) in [4.78, 5) is 31.3. The summed E-state index contributed by atoms with van der Waals surface area (Å²) in [6.07, 6.45) is 1.88. The van der Waals surface area contributed by atoms with Crippen molar-refractivity contribution >= 4 is 29.0 Å². The molecule has 0 aliphatic heterocycles. The molecule has 32 heavy (non-hydrogen) atoms. The predicted molar refractivity (Wildman–Crippen MR) is 130 cm³/mol. The Morgan fingerprint density at radius 1 is 0.938 bits per heavy atom. The molecule has 0 saturated heterocycles. The smallest absolute Gasteiger partial charge is 0.322 e. The highest BCUT2D eigenvalue weighted by Crippen LogP contribution is 2.28. The SMILES string of the molecule is Cc1ccccc1NC(=O)N(CC(=O)N(Cc1ccccc1)Cc1sccc1C)C1CC1. The van der Waals surface area contributed by atoms with Gasteiger partial charge in [0, 0.05) is 23.2 Å². The first kappa shape index (κ1) is 22.1. The molecule has 2 aromatic carbocycles. The minimum atomic E-state index is -0.206. The van der Waals surface area contributed by atoms with Crippen LogP contribution < -0.4 is 5.32 Å². The maximum atomic E-state index is 13.5. The molecule has 6 heteroatoms. The molecule has 0 atom stereocenters. The molecule has 1 aliphatic carbocycles. The zero-order valence-corrected chi connectivity index (χ0v) is 19.4. The van der Waals surface area contributed by atoms with Crippen LogP contribution in [0.1, 0.15) is 34.4 Å². The highest BCUT2D eigenvalue weighted by atomic mass is 32.1. The van der Waals surface area contributed by atoms with Gasteiger partial charge in [-0.1, -0.05) is 48.5 Å². The van der Waals surface area contributed by atoms with Crippen LogP contribution in [0.5, 0.6) is 0 Å². The molecule has 0 spiro atoms. The highest BCUT2D eigenvalue weighted by Gasteiger charge is 2.35. The highest BCUT2D eigenvalue weighted by molar-refractivity contribution is 7.10. The van der Waals surface area contributed by atoms with Gasteiger partial charge in [0.2, 0.25) is 5.91 Å². The van der Waals surface area contributed by atoms with E-state index in [0.717, 1.165) is 29.7 Å². The summed E-state index contributed by atoms with van der Waals surface area (Å²) in [6, 6.07) is 19.7. The lowest BCUT2D eigenvalue weighted by Gasteiger charge is -2.28. The predicted octanol–water partition coefficient (Wildman–Crippen LogP) is 5.59. The standard InChI is InChI=1S/C26H29N3O2S/c1-19-8-6-7-11-23(19)27-26(31)29(22-12-13-22)18-25(30)28(16-21-9-4-3-5-10-21)17-24-20(2)14-15-32-24/h3-11,14-15,22H,12-13,16-18H2,1-2H3,(H,27,31). The number of amides is 3. The molecule has 3 amide bonds. The van der Waals surface area contributed by atoms with Crippen LogP contribution in [0, 0.1) is 13.8 Å². The topological polar surface area (TPSA) is 52.7 Å². The summed E-state index contributed by atoms with van der Waals surface area (Å²) in [7, 11) is 0. The van der Waals surface area contributed by atoms with Crippen LogP contribution in [0.15, 0.2) is 66.0 Å². The number of aryl methyl sites for hydroxylation is 2. The van der Waals surface area contributed by atoms with E-state index in [0.29, 0.717) is 13.1 Å². The molecule has 1 fully saturated rings. The summed E-state index contributed by atoms with van der Waals surface area (Å²) in [6.45, 7) is 5.19. The number of nitrogens with one attached hydrogen (secondary N) is 1. The number of rotatable bonds is 8. The lowest BCUT2D eigenvalue weighted by Crippen LogP contribution is -2.45. The van der Waals surface area contributed by atoms with Crippen LogP contribution in [0.3, 0.4) is 0 Å². The molecule has 0 radical (unpaired) electrons. The molecule has 1 heterocycles. The lowest BCUT2D eigenvalue weighted by atomic mass is 10.2. The zero-order valence-electron chi connectivity index (χ0n) is 18.6. The Bertz CT molecular complexity index is 1080. The summed E-state index contributed by atoms with van der Waals surface area (Å²) < 4.78 is 0. The second-order valence-corrected chi connectivity index (χ2v) is 9.37. The summed E-state index contributed by atoms with van der Waals surface area (Å²) in [5.74, 6) is -0.0338. The molecular weight excluding hydrogens is 418 g/mol. The Labute approximate surface area is 193 Å². The van der Waals surface area contributed by atoms with Crippen molar-refractivity contribution in [1.29, 1.82) is 0 Å². The quantitative estimate of drug-likeness (QED) is 0.489. The summed E-state index contributed by atoms with van der Waals surface area (Å²) in [5, 5.41) is 5.06. The number of nitrogens with zero attached hydrogens (tertiary/aromatic N) is 2. The largest absolute Gasteiger partial charge is 0.332 e. The third kappa shape index (κ3) is 5.56. The van der Waals surface area contributed by atoms with E-state index >= 15 is 0 Å². The molecular formula is C26H29N3O2S. The number of urea groups is 1. The molecule has 3 aromatic rings. The second kappa shape index (κ2) is 10.0. The molecule has 0 unspecified atom stereocenters. The molecule has 1 N–H and O–H groups in total. The number of thiophene rings is 1. The number of para-hydroxylation sites is 1. The fourth-order valence-corrected chi connectivity index (χ4v) is 4.60.